The number of rotatable bonds is 8. The second kappa shape index (κ2) is 9.69. The average molecular weight is 418 g/mol. The molecule has 2 aromatic rings. The number of methoxy groups -OCH3 is 1. The number of hydrogen-bond acceptors (Lipinski definition) is 6. The summed E-state index contributed by atoms with van der Waals surface area (Å²) in [6.45, 7) is 1.89. The first-order valence-corrected chi connectivity index (χ1v) is 8.89. The first kappa shape index (κ1) is 22.6. The number of H-pyrrole nitrogens is 1. The van der Waals surface area contributed by atoms with Gasteiger partial charge in [-0.1, -0.05) is 6.07 Å². The first-order valence-electron chi connectivity index (χ1n) is 8.89. The SMILES string of the molecule is CCOC(=O)c1c(C)[nH]c(C)c1C(=O)/C(C#N)=C/c1ccc(OC)c(OC(F)F)c1. The summed E-state index contributed by atoms with van der Waals surface area (Å²) in [5, 5.41) is 9.52. The summed E-state index contributed by atoms with van der Waals surface area (Å²) in [5.74, 6) is -1.56. The third kappa shape index (κ3) is 4.84. The molecule has 1 aromatic carbocycles. The topological polar surface area (TPSA) is 101 Å². The van der Waals surface area contributed by atoms with E-state index < -0.39 is 18.4 Å². The minimum absolute atomic E-state index is 0.0244. The van der Waals surface area contributed by atoms with Crippen molar-refractivity contribution in [3.8, 4) is 17.6 Å². The zero-order valence-corrected chi connectivity index (χ0v) is 16.8. The summed E-state index contributed by atoms with van der Waals surface area (Å²) in [4.78, 5) is 28.2. The lowest BCUT2D eigenvalue weighted by molar-refractivity contribution is -0.0512. The Morgan fingerprint density at radius 1 is 1.20 bits per heavy atom. The Hall–Kier alpha value is -3.67. The maximum Gasteiger partial charge on any atom is 0.387 e. The van der Waals surface area contributed by atoms with Gasteiger partial charge in [0, 0.05) is 11.4 Å². The molecule has 0 atom stereocenters. The Bertz CT molecular complexity index is 1030. The van der Waals surface area contributed by atoms with E-state index in [4.69, 9.17) is 9.47 Å². The molecule has 1 N–H and O–H groups in total. The molecule has 2 rings (SSSR count). The number of ether oxygens (including phenoxy) is 3. The summed E-state index contributed by atoms with van der Waals surface area (Å²) < 4.78 is 39.6. The molecule has 0 aliphatic heterocycles. The number of ketones is 1. The summed E-state index contributed by atoms with van der Waals surface area (Å²) in [6.07, 6.45) is 1.22. The van der Waals surface area contributed by atoms with Crippen LogP contribution < -0.4 is 9.47 Å². The number of nitriles is 1. The lowest BCUT2D eigenvalue weighted by Crippen LogP contribution is -2.13. The Balaban J connectivity index is 2.51. The van der Waals surface area contributed by atoms with Crippen LogP contribution >= 0.6 is 0 Å². The largest absolute Gasteiger partial charge is 0.493 e. The van der Waals surface area contributed by atoms with Crippen molar-refractivity contribution in [2.24, 2.45) is 0 Å². The minimum atomic E-state index is -3.08. The number of carbonyl (C=O) groups excluding carboxylic acids is 2. The van der Waals surface area contributed by atoms with Gasteiger partial charge in [0.15, 0.2) is 11.5 Å². The number of halogens is 2. The Morgan fingerprint density at radius 3 is 2.43 bits per heavy atom. The number of carbonyl (C=O) groups is 2. The average Bonchev–Trinajstić information content (AvgIpc) is 2.99. The highest BCUT2D eigenvalue weighted by Crippen LogP contribution is 2.31. The van der Waals surface area contributed by atoms with Crippen molar-refractivity contribution in [3.05, 3.63) is 51.9 Å². The van der Waals surface area contributed by atoms with Crippen molar-refractivity contribution in [3.63, 3.8) is 0 Å². The van der Waals surface area contributed by atoms with E-state index in [0.29, 0.717) is 11.4 Å². The number of benzene rings is 1. The fourth-order valence-electron chi connectivity index (χ4n) is 2.94. The fourth-order valence-corrected chi connectivity index (χ4v) is 2.94. The van der Waals surface area contributed by atoms with Gasteiger partial charge >= 0.3 is 12.6 Å². The Morgan fingerprint density at radius 2 is 1.87 bits per heavy atom. The van der Waals surface area contributed by atoms with E-state index in [9.17, 15) is 23.6 Å². The lowest BCUT2D eigenvalue weighted by atomic mass is 9.98. The van der Waals surface area contributed by atoms with Gasteiger partial charge < -0.3 is 19.2 Å². The number of aryl methyl sites for hydroxylation is 2. The van der Waals surface area contributed by atoms with Crippen molar-refractivity contribution in [1.82, 2.24) is 4.98 Å². The predicted molar refractivity (Wildman–Crippen MR) is 104 cm³/mol. The van der Waals surface area contributed by atoms with Gasteiger partial charge in [-0.25, -0.2) is 4.79 Å². The van der Waals surface area contributed by atoms with Gasteiger partial charge in [0.05, 0.1) is 24.8 Å². The molecule has 1 heterocycles. The smallest absolute Gasteiger partial charge is 0.387 e. The molecule has 0 aliphatic carbocycles. The second-order valence-corrected chi connectivity index (χ2v) is 6.13. The van der Waals surface area contributed by atoms with Crippen LogP contribution in [-0.4, -0.2) is 37.1 Å². The number of aromatic amines is 1. The van der Waals surface area contributed by atoms with E-state index in [1.54, 1.807) is 26.8 Å². The van der Waals surface area contributed by atoms with Gasteiger partial charge in [0.25, 0.3) is 0 Å². The Labute approximate surface area is 171 Å². The van der Waals surface area contributed by atoms with Crippen molar-refractivity contribution < 1.29 is 32.6 Å². The lowest BCUT2D eigenvalue weighted by Gasteiger charge is -2.10. The van der Waals surface area contributed by atoms with Gasteiger partial charge in [-0.05, 0) is 44.5 Å². The second-order valence-electron chi connectivity index (χ2n) is 6.13. The number of allylic oxidation sites excluding steroid dienone is 1. The summed E-state index contributed by atoms with van der Waals surface area (Å²) >= 11 is 0. The molecule has 0 bridgehead atoms. The number of aromatic nitrogens is 1. The predicted octanol–water partition coefficient (Wildman–Crippen LogP) is 4.21. The highest BCUT2D eigenvalue weighted by Gasteiger charge is 2.27. The van der Waals surface area contributed by atoms with Crippen LogP contribution in [0.1, 0.15) is 44.6 Å². The third-order valence-electron chi connectivity index (χ3n) is 4.16. The molecule has 0 spiro atoms. The molecule has 0 unspecified atom stereocenters. The van der Waals surface area contributed by atoms with Crippen LogP contribution in [0.2, 0.25) is 0 Å². The molecule has 30 heavy (non-hydrogen) atoms. The molecule has 0 amide bonds. The highest BCUT2D eigenvalue weighted by molar-refractivity contribution is 6.19. The van der Waals surface area contributed by atoms with Gasteiger partial charge in [-0.3, -0.25) is 4.79 Å². The molecule has 0 saturated heterocycles. The quantitative estimate of drug-likeness (QED) is 0.298. The highest BCUT2D eigenvalue weighted by atomic mass is 19.3. The van der Waals surface area contributed by atoms with Crippen molar-refractivity contribution in [1.29, 1.82) is 5.26 Å². The molecule has 0 radical (unpaired) electrons. The fraction of sp³-hybridized carbons (Fsp3) is 0.286. The van der Waals surface area contributed by atoms with E-state index in [-0.39, 0.29) is 40.4 Å². The van der Waals surface area contributed by atoms with E-state index in [0.717, 1.165) is 0 Å². The number of nitrogens with zero attached hydrogens (tertiary/aromatic N) is 1. The monoisotopic (exact) mass is 418 g/mol. The van der Waals surface area contributed by atoms with E-state index in [2.05, 4.69) is 9.72 Å². The van der Waals surface area contributed by atoms with Crippen molar-refractivity contribution >= 4 is 17.8 Å². The van der Waals surface area contributed by atoms with E-state index >= 15 is 0 Å². The van der Waals surface area contributed by atoms with Crippen LogP contribution in [-0.2, 0) is 4.74 Å². The molecule has 1 aromatic heterocycles. The van der Waals surface area contributed by atoms with Crippen LogP contribution in [0.5, 0.6) is 11.5 Å². The summed E-state index contributed by atoms with van der Waals surface area (Å²) in [5.41, 5.74) is 0.879. The third-order valence-corrected chi connectivity index (χ3v) is 4.16. The normalized spacial score (nSPS) is 11.2. The molecule has 0 saturated carbocycles. The molecular weight excluding hydrogens is 398 g/mol. The van der Waals surface area contributed by atoms with E-state index in [1.807, 2.05) is 0 Å². The van der Waals surface area contributed by atoms with Crippen LogP contribution in [0.4, 0.5) is 8.78 Å². The molecule has 0 fully saturated rings. The van der Waals surface area contributed by atoms with Crippen LogP contribution in [0.25, 0.3) is 6.08 Å². The number of alkyl halides is 2. The molecule has 0 aliphatic rings. The van der Waals surface area contributed by atoms with Crippen LogP contribution in [0.3, 0.4) is 0 Å². The minimum Gasteiger partial charge on any atom is -0.493 e. The van der Waals surface area contributed by atoms with Crippen LogP contribution in [0.15, 0.2) is 23.8 Å². The number of esters is 1. The molecular formula is C21H20F2N2O5. The van der Waals surface area contributed by atoms with Gasteiger partial charge in [-0.15, -0.1) is 0 Å². The van der Waals surface area contributed by atoms with E-state index in [1.165, 1.54) is 31.4 Å². The molecule has 9 heteroatoms. The van der Waals surface area contributed by atoms with Crippen LogP contribution in [0, 0.1) is 25.2 Å². The van der Waals surface area contributed by atoms with Gasteiger partial charge in [0.2, 0.25) is 5.78 Å². The number of nitrogens with one attached hydrogen (secondary N) is 1. The van der Waals surface area contributed by atoms with Crippen molar-refractivity contribution in [2.45, 2.75) is 27.4 Å². The molecule has 7 nitrogen and oxygen atoms in total. The number of Topliss-reactive ketones (excluding diaryl/α,β-unsaturated/α-hetero) is 1. The zero-order valence-electron chi connectivity index (χ0n) is 16.8. The maximum atomic E-state index is 13.0. The van der Waals surface area contributed by atoms with Gasteiger partial charge in [0.1, 0.15) is 11.6 Å². The number of hydrogen-bond donors (Lipinski definition) is 1. The molecule has 158 valence electrons. The summed E-state index contributed by atoms with van der Waals surface area (Å²) in [7, 11) is 1.29. The Kier molecular flexibility index (Phi) is 7.31. The standard InChI is InChI=1S/C21H20F2N2O5/c1-5-29-20(27)18-12(3)25-11(2)17(18)19(26)14(10-24)8-13-6-7-15(28-4)16(9-13)30-21(22)23/h6-9,21,25H,5H2,1-4H3/b14-8+. The summed E-state index contributed by atoms with van der Waals surface area (Å²) in [6, 6.07) is 5.87. The van der Waals surface area contributed by atoms with Gasteiger partial charge in [-0.2, -0.15) is 14.0 Å². The first-order chi connectivity index (χ1) is 14.2. The zero-order chi connectivity index (χ0) is 22.4. The van der Waals surface area contributed by atoms with Crippen molar-refractivity contribution in [2.75, 3.05) is 13.7 Å². The maximum absolute atomic E-state index is 13.0.